The van der Waals surface area contributed by atoms with Crippen molar-refractivity contribution in [3.05, 3.63) is 58.9 Å². The van der Waals surface area contributed by atoms with Crippen LogP contribution in [0.3, 0.4) is 0 Å². The average molecular weight is 435 g/mol. The number of hydrogen-bond acceptors (Lipinski definition) is 6. The topological polar surface area (TPSA) is 122 Å². The van der Waals surface area contributed by atoms with Gasteiger partial charge in [0.1, 0.15) is 24.6 Å². The molecule has 0 bridgehead atoms. The van der Waals surface area contributed by atoms with E-state index in [0.29, 0.717) is 22.7 Å². The molecule has 4 rings (SSSR count). The Morgan fingerprint density at radius 1 is 1.30 bits per heavy atom. The number of fused-ring (bicyclic) bond motifs is 1. The van der Waals surface area contributed by atoms with Crippen molar-refractivity contribution in [2.75, 3.05) is 17.4 Å². The maximum atomic E-state index is 15.7. The van der Waals surface area contributed by atoms with Crippen LogP contribution in [0.15, 0.2) is 36.4 Å². The van der Waals surface area contributed by atoms with Crippen LogP contribution in [0.4, 0.5) is 10.1 Å². The molecule has 8 nitrogen and oxygen atoms in total. The Hall–Kier alpha value is -2.69. The summed E-state index contributed by atoms with van der Waals surface area (Å²) in [7, 11) is -4.25. The predicted molar refractivity (Wildman–Crippen MR) is 108 cm³/mol. The second-order valence-electron chi connectivity index (χ2n) is 7.59. The van der Waals surface area contributed by atoms with Crippen LogP contribution >= 0.6 is 0 Å². The first-order chi connectivity index (χ1) is 14.2. The van der Waals surface area contributed by atoms with E-state index in [-0.39, 0.29) is 36.6 Å². The molecule has 2 aromatic rings. The van der Waals surface area contributed by atoms with Crippen LogP contribution < -0.4 is 19.5 Å². The minimum absolute atomic E-state index is 0.0216. The van der Waals surface area contributed by atoms with Gasteiger partial charge in [0, 0.05) is 13.0 Å². The second kappa shape index (κ2) is 7.53. The Balaban J connectivity index is 1.80. The summed E-state index contributed by atoms with van der Waals surface area (Å²) in [5, 5.41) is 10.6. The molecule has 10 heteroatoms. The van der Waals surface area contributed by atoms with Gasteiger partial charge in [-0.3, -0.25) is 4.79 Å². The van der Waals surface area contributed by atoms with E-state index in [1.165, 1.54) is 0 Å². The molecule has 0 saturated carbocycles. The fraction of sp³-hybridized carbons (Fsp3) is 0.350. The van der Waals surface area contributed by atoms with Crippen LogP contribution in [0, 0.1) is 5.82 Å². The van der Waals surface area contributed by atoms with Crippen molar-refractivity contribution in [3.8, 4) is 5.75 Å². The molecule has 1 amide bonds. The molecule has 2 aliphatic rings. The standard InChI is InChI=1S/C20H22FN3O5S/c21-18-15-9-20(26,12-22)7-6-14(15)8-16(29-11-13-4-2-1-3-5-13)19(18)24-10-17(25)23-30(24,27)28/h1-5,8,26H,6-7,9-12,22H2,(H,23,25). The molecule has 1 fully saturated rings. The Bertz CT molecular complexity index is 1090. The van der Waals surface area contributed by atoms with E-state index in [1.807, 2.05) is 35.1 Å². The number of hydrogen-bond donors (Lipinski definition) is 3. The molecule has 1 unspecified atom stereocenters. The number of halogens is 1. The SMILES string of the molecule is NCC1(O)CCc2cc(OCc3ccccc3)c(N3CC(=O)NS3(=O)=O)c(F)c2C1. The number of benzene rings is 2. The van der Waals surface area contributed by atoms with Crippen molar-refractivity contribution in [2.45, 2.75) is 31.5 Å². The number of carbonyl (C=O) groups excluding carboxylic acids is 1. The summed E-state index contributed by atoms with van der Waals surface area (Å²) in [6.45, 7) is -0.509. The van der Waals surface area contributed by atoms with E-state index in [2.05, 4.69) is 0 Å². The van der Waals surface area contributed by atoms with Gasteiger partial charge in [0.2, 0.25) is 0 Å². The van der Waals surface area contributed by atoms with Crippen LogP contribution in [-0.2, 0) is 34.5 Å². The molecular formula is C20H22FN3O5S. The molecule has 0 aromatic heterocycles. The molecule has 30 heavy (non-hydrogen) atoms. The number of nitrogens with two attached hydrogens (primary N) is 1. The van der Waals surface area contributed by atoms with Crippen LogP contribution in [0.5, 0.6) is 5.75 Å². The van der Waals surface area contributed by atoms with E-state index in [0.717, 1.165) is 5.56 Å². The lowest BCUT2D eigenvalue weighted by Gasteiger charge is -2.34. The van der Waals surface area contributed by atoms with Gasteiger partial charge in [0.25, 0.3) is 5.91 Å². The molecule has 1 heterocycles. The Kier molecular flexibility index (Phi) is 5.16. The molecular weight excluding hydrogens is 413 g/mol. The lowest BCUT2D eigenvalue weighted by Crippen LogP contribution is -2.43. The first kappa shape index (κ1) is 20.6. The van der Waals surface area contributed by atoms with E-state index in [9.17, 15) is 18.3 Å². The van der Waals surface area contributed by atoms with Crippen molar-refractivity contribution in [2.24, 2.45) is 5.73 Å². The Morgan fingerprint density at radius 2 is 2.03 bits per heavy atom. The van der Waals surface area contributed by atoms with E-state index < -0.39 is 34.1 Å². The van der Waals surface area contributed by atoms with Gasteiger partial charge in [-0.05, 0) is 35.6 Å². The highest BCUT2D eigenvalue weighted by Gasteiger charge is 2.41. The number of anilines is 1. The van der Waals surface area contributed by atoms with Gasteiger partial charge >= 0.3 is 10.2 Å². The zero-order valence-electron chi connectivity index (χ0n) is 16.1. The number of aryl methyl sites for hydroxylation is 1. The quantitative estimate of drug-likeness (QED) is 0.638. The van der Waals surface area contributed by atoms with E-state index in [4.69, 9.17) is 10.5 Å². The fourth-order valence-electron chi connectivity index (χ4n) is 3.80. The van der Waals surface area contributed by atoms with Crippen LogP contribution in [0.1, 0.15) is 23.1 Å². The minimum atomic E-state index is -4.25. The Morgan fingerprint density at radius 3 is 2.67 bits per heavy atom. The van der Waals surface area contributed by atoms with Gasteiger partial charge in [0.15, 0.2) is 5.82 Å². The lowest BCUT2D eigenvalue weighted by atomic mass is 9.80. The largest absolute Gasteiger partial charge is 0.487 e. The highest BCUT2D eigenvalue weighted by Crippen LogP contribution is 2.42. The highest BCUT2D eigenvalue weighted by molar-refractivity contribution is 7.92. The molecule has 2 aromatic carbocycles. The van der Waals surface area contributed by atoms with Gasteiger partial charge in [-0.2, -0.15) is 8.42 Å². The van der Waals surface area contributed by atoms with Gasteiger partial charge < -0.3 is 15.6 Å². The lowest BCUT2D eigenvalue weighted by molar-refractivity contribution is -0.117. The highest BCUT2D eigenvalue weighted by atomic mass is 32.2. The number of rotatable bonds is 5. The third-order valence-electron chi connectivity index (χ3n) is 5.45. The summed E-state index contributed by atoms with van der Waals surface area (Å²) < 4.78 is 48.8. The number of ether oxygens (including phenoxy) is 1. The molecule has 4 N–H and O–H groups in total. The monoisotopic (exact) mass is 435 g/mol. The summed E-state index contributed by atoms with van der Waals surface area (Å²) in [6.07, 6.45) is 0.674. The van der Waals surface area contributed by atoms with Crippen molar-refractivity contribution in [3.63, 3.8) is 0 Å². The minimum Gasteiger partial charge on any atom is -0.487 e. The summed E-state index contributed by atoms with van der Waals surface area (Å²) in [5.41, 5.74) is 5.66. The molecule has 1 saturated heterocycles. The van der Waals surface area contributed by atoms with Crippen molar-refractivity contribution < 1.29 is 27.4 Å². The van der Waals surface area contributed by atoms with Gasteiger partial charge in [-0.1, -0.05) is 30.3 Å². The summed E-state index contributed by atoms with van der Waals surface area (Å²) in [5.74, 6) is -1.57. The summed E-state index contributed by atoms with van der Waals surface area (Å²) in [4.78, 5) is 11.7. The smallest absolute Gasteiger partial charge is 0.326 e. The normalized spacial score (nSPS) is 22.5. The number of aliphatic hydroxyl groups is 1. The van der Waals surface area contributed by atoms with Gasteiger partial charge in [0.05, 0.1) is 5.60 Å². The van der Waals surface area contributed by atoms with Crippen molar-refractivity contribution in [1.82, 2.24) is 4.72 Å². The fourth-order valence-corrected chi connectivity index (χ4v) is 4.96. The van der Waals surface area contributed by atoms with Gasteiger partial charge in [-0.25, -0.2) is 13.4 Å². The van der Waals surface area contributed by atoms with E-state index >= 15 is 4.39 Å². The summed E-state index contributed by atoms with van der Waals surface area (Å²) in [6, 6.07) is 10.7. The third kappa shape index (κ3) is 3.73. The van der Waals surface area contributed by atoms with E-state index in [1.54, 1.807) is 6.07 Å². The Labute approximate surface area is 173 Å². The second-order valence-corrected chi connectivity index (χ2v) is 9.19. The van der Waals surface area contributed by atoms with Crippen molar-refractivity contribution >= 4 is 21.8 Å². The van der Waals surface area contributed by atoms with Crippen LogP contribution in [-0.4, -0.2) is 38.1 Å². The van der Waals surface area contributed by atoms with Gasteiger partial charge in [-0.15, -0.1) is 0 Å². The molecule has 1 aliphatic carbocycles. The zero-order valence-corrected chi connectivity index (χ0v) is 16.9. The maximum Gasteiger partial charge on any atom is 0.326 e. The predicted octanol–water partition coefficient (Wildman–Crippen LogP) is 0.764. The maximum absolute atomic E-state index is 15.7. The van der Waals surface area contributed by atoms with Crippen LogP contribution in [0.25, 0.3) is 0 Å². The number of amides is 1. The molecule has 0 spiro atoms. The third-order valence-corrected chi connectivity index (χ3v) is 6.83. The molecule has 0 radical (unpaired) electrons. The molecule has 1 aliphatic heterocycles. The first-order valence-electron chi connectivity index (χ1n) is 9.49. The molecule has 1 atom stereocenters. The number of nitrogens with zero attached hydrogens (tertiary/aromatic N) is 1. The number of carbonyl (C=O) groups is 1. The summed E-state index contributed by atoms with van der Waals surface area (Å²) >= 11 is 0. The van der Waals surface area contributed by atoms with Crippen molar-refractivity contribution in [1.29, 1.82) is 0 Å². The first-order valence-corrected chi connectivity index (χ1v) is 10.9. The molecule has 160 valence electrons. The van der Waals surface area contributed by atoms with Crippen LogP contribution in [0.2, 0.25) is 0 Å². The zero-order chi connectivity index (χ0) is 21.5. The number of nitrogens with one attached hydrogen (secondary N) is 1. The average Bonchev–Trinajstić information content (AvgIpc) is 2.99.